The molecule has 0 fully saturated rings. The van der Waals surface area contributed by atoms with Gasteiger partial charge in [0, 0.05) is 24.1 Å². The molecule has 2 aromatic rings. The zero-order valence-corrected chi connectivity index (χ0v) is 11.9. The Bertz CT molecular complexity index is 685. The monoisotopic (exact) mass is 283 g/mol. The molecule has 5 heteroatoms. The normalized spacial score (nSPS) is 13.7. The summed E-state index contributed by atoms with van der Waals surface area (Å²) < 4.78 is 5.23. The highest BCUT2D eigenvalue weighted by Gasteiger charge is 2.26. The van der Waals surface area contributed by atoms with E-state index in [-0.39, 0.29) is 5.91 Å². The molecule has 1 aromatic carbocycles. The average molecular weight is 283 g/mol. The van der Waals surface area contributed by atoms with E-state index in [9.17, 15) is 4.79 Å². The Labute approximate surface area is 123 Å². The minimum atomic E-state index is -0.0826. The number of hydrogen-bond donors (Lipinski definition) is 1. The number of methoxy groups -OCH3 is 1. The molecule has 21 heavy (non-hydrogen) atoms. The molecular formula is C16H17N3O2. The molecule has 1 aliphatic heterocycles. The van der Waals surface area contributed by atoms with Gasteiger partial charge in [-0.15, -0.1) is 0 Å². The number of amides is 1. The Morgan fingerprint density at radius 3 is 3.05 bits per heavy atom. The minimum absolute atomic E-state index is 0.0826. The lowest BCUT2D eigenvalue weighted by Gasteiger charge is -2.30. The molecule has 2 heterocycles. The quantitative estimate of drug-likeness (QED) is 0.858. The highest BCUT2D eigenvalue weighted by atomic mass is 16.5. The fourth-order valence-electron chi connectivity index (χ4n) is 2.73. The SMILES string of the molecule is COc1cnccc1C(=O)N1CCCc2c(N)cccc21. The second-order valence-electron chi connectivity index (χ2n) is 4.98. The molecular weight excluding hydrogens is 266 g/mol. The first kappa shape index (κ1) is 13.4. The summed E-state index contributed by atoms with van der Waals surface area (Å²) in [7, 11) is 1.54. The van der Waals surface area contributed by atoms with Crippen LogP contribution in [0.4, 0.5) is 11.4 Å². The Morgan fingerprint density at radius 2 is 2.24 bits per heavy atom. The number of benzene rings is 1. The van der Waals surface area contributed by atoms with Crippen molar-refractivity contribution in [1.82, 2.24) is 4.98 Å². The molecule has 3 rings (SSSR count). The number of fused-ring (bicyclic) bond motifs is 1. The van der Waals surface area contributed by atoms with Crippen molar-refractivity contribution in [2.24, 2.45) is 0 Å². The van der Waals surface area contributed by atoms with Gasteiger partial charge in [0.15, 0.2) is 0 Å². The number of carbonyl (C=O) groups excluding carboxylic acids is 1. The van der Waals surface area contributed by atoms with Crippen LogP contribution in [0.1, 0.15) is 22.3 Å². The molecule has 0 saturated heterocycles. The number of aromatic nitrogens is 1. The Hall–Kier alpha value is -2.56. The molecule has 1 aliphatic rings. The maximum absolute atomic E-state index is 12.8. The van der Waals surface area contributed by atoms with Crippen LogP contribution in [-0.2, 0) is 6.42 Å². The van der Waals surface area contributed by atoms with Crippen molar-refractivity contribution in [1.29, 1.82) is 0 Å². The number of anilines is 2. The lowest BCUT2D eigenvalue weighted by Crippen LogP contribution is -2.36. The van der Waals surface area contributed by atoms with E-state index in [0.29, 0.717) is 17.9 Å². The Kier molecular flexibility index (Phi) is 3.48. The molecule has 0 aliphatic carbocycles. The number of ether oxygens (including phenoxy) is 1. The number of carbonyl (C=O) groups is 1. The minimum Gasteiger partial charge on any atom is -0.494 e. The zero-order chi connectivity index (χ0) is 14.8. The maximum atomic E-state index is 12.8. The molecule has 0 unspecified atom stereocenters. The third-order valence-corrected chi connectivity index (χ3v) is 3.77. The third kappa shape index (κ3) is 2.31. The van der Waals surface area contributed by atoms with Crippen molar-refractivity contribution in [2.75, 3.05) is 24.3 Å². The van der Waals surface area contributed by atoms with Gasteiger partial charge in [0.25, 0.3) is 5.91 Å². The van der Waals surface area contributed by atoms with Crippen LogP contribution >= 0.6 is 0 Å². The van der Waals surface area contributed by atoms with Crippen LogP contribution in [0.2, 0.25) is 0 Å². The molecule has 0 bridgehead atoms. The first-order valence-electron chi connectivity index (χ1n) is 6.89. The number of nitrogen functional groups attached to an aromatic ring is 1. The lowest BCUT2D eigenvalue weighted by molar-refractivity contribution is 0.0982. The van der Waals surface area contributed by atoms with E-state index in [2.05, 4.69) is 4.98 Å². The summed E-state index contributed by atoms with van der Waals surface area (Å²) in [6, 6.07) is 7.38. The van der Waals surface area contributed by atoms with Gasteiger partial charge in [-0.05, 0) is 36.6 Å². The van der Waals surface area contributed by atoms with Crippen molar-refractivity contribution in [3.05, 3.63) is 47.8 Å². The summed E-state index contributed by atoms with van der Waals surface area (Å²) in [5.41, 5.74) is 9.22. The fourth-order valence-corrected chi connectivity index (χ4v) is 2.73. The summed E-state index contributed by atoms with van der Waals surface area (Å²) in [6.45, 7) is 0.681. The lowest BCUT2D eigenvalue weighted by atomic mass is 9.99. The van der Waals surface area contributed by atoms with Crippen molar-refractivity contribution in [3.8, 4) is 5.75 Å². The standard InChI is InChI=1S/C16H17N3O2/c1-21-15-10-18-8-7-12(15)16(20)19-9-3-4-11-13(17)5-2-6-14(11)19/h2,5-8,10H,3-4,9,17H2,1H3. The Balaban J connectivity index is 2.03. The zero-order valence-electron chi connectivity index (χ0n) is 11.9. The molecule has 2 N–H and O–H groups in total. The van der Waals surface area contributed by atoms with E-state index in [1.54, 1.807) is 23.4 Å². The van der Waals surface area contributed by atoms with Gasteiger partial charge in [0.2, 0.25) is 0 Å². The topological polar surface area (TPSA) is 68.5 Å². The highest BCUT2D eigenvalue weighted by Crippen LogP contribution is 2.33. The summed E-state index contributed by atoms with van der Waals surface area (Å²) in [5, 5.41) is 0. The van der Waals surface area contributed by atoms with Crippen molar-refractivity contribution < 1.29 is 9.53 Å². The first-order chi connectivity index (χ1) is 10.2. The van der Waals surface area contributed by atoms with Gasteiger partial charge in [-0.3, -0.25) is 9.78 Å². The smallest absolute Gasteiger partial charge is 0.262 e. The van der Waals surface area contributed by atoms with E-state index in [4.69, 9.17) is 10.5 Å². The molecule has 108 valence electrons. The number of pyridine rings is 1. The van der Waals surface area contributed by atoms with Crippen molar-refractivity contribution in [3.63, 3.8) is 0 Å². The molecule has 0 saturated carbocycles. The summed E-state index contributed by atoms with van der Waals surface area (Å²) in [6.07, 6.45) is 4.96. The number of hydrogen-bond acceptors (Lipinski definition) is 4. The number of nitrogens with zero attached hydrogens (tertiary/aromatic N) is 2. The third-order valence-electron chi connectivity index (χ3n) is 3.77. The van der Waals surface area contributed by atoms with Gasteiger partial charge in [-0.1, -0.05) is 6.07 Å². The van der Waals surface area contributed by atoms with Crippen LogP contribution < -0.4 is 15.4 Å². The van der Waals surface area contributed by atoms with E-state index in [1.165, 1.54) is 7.11 Å². The Morgan fingerprint density at radius 1 is 1.38 bits per heavy atom. The van der Waals surface area contributed by atoms with Crippen molar-refractivity contribution >= 4 is 17.3 Å². The predicted molar refractivity (Wildman–Crippen MR) is 81.6 cm³/mol. The van der Waals surface area contributed by atoms with Gasteiger partial charge >= 0.3 is 0 Å². The summed E-state index contributed by atoms with van der Waals surface area (Å²) in [5.74, 6) is 0.402. The van der Waals surface area contributed by atoms with Crippen LogP contribution in [0.15, 0.2) is 36.7 Å². The number of nitrogens with two attached hydrogens (primary N) is 1. The van der Waals surface area contributed by atoms with Crippen molar-refractivity contribution in [2.45, 2.75) is 12.8 Å². The molecule has 0 atom stereocenters. The number of rotatable bonds is 2. The largest absolute Gasteiger partial charge is 0.494 e. The molecule has 0 radical (unpaired) electrons. The molecule has 5 nitrogen and oxygen atoms in total. The average Bonchev–Trinajstić information content (AvgIpc) is 2.54. The molecule has 1 aromatic heterocycles. The summed E-state index contributed by atoms with van der Waals surface area (Å²) >= 11 is 0. The highest BCUT2D eigenvalue weighted by molar-refractivity contribution is 6.08. The second kappa shape index (κ2) is 5.44. The van der Waals surface area contributed by atoms with Gasteiger partial charge in [0.05, 0.1) is 18.9 Å². The van der Waals surface area contributed by atoms with Gasteiger partial charge < -0.3 is 15.4 Å². The van der Waals surface area contributed by atoms with E-state index in [1.807, 2.05) is 18.2 Å². The van der Waals surface area contributed by atoms with Gasteiger partial charge in [0.1, 0.15) is 5.75 Å². The van der Waals surface area contributed by atoms with Gasteiger partial charge in [-0.25, -0.2) is 0 Å². The van der Waals surface area contributed by atoms with Crippen LogP contribution in [0.3, 0.4) is 0 Å². The van der Waals surface area contributed by atoms with Crippen LogP contribution in [-0.4, -0.2) is 24.5 Å². The van der Waals surface area contributed by atoms with E-state index < -0.39 is 0 Å². The molecule has 0 spiro atoms. The van der Waals surface area contributed by atoms with Crippen LogP contribution in [0.25, 0.3) is 0 Å². The van der Waals surface area contributed by atoms with E-state index in [0.717, 1.165) is 29.8 Å². The molecule has 1 amide bonds. The first-order valence-corrected chi connectivity index (χ1v) is 6.89. The van der Waals surface area contributed by atoms with E-state index >= 15 is 0 Å². The maximum Gasteiger partial charge on any atom is 0.262 e. The van der Waals surface area contributed by atoms with Crippen LogP contribution in [0.5, 0.6) is 5.75 Å². The summed E-state index contributed by atoms with van der Waals surface area (Å²) in [4.78, 5) is 18.6. The predicted octanol–water partition coefficient (Wildman–Crippen LogP) is 2.27. The van der Waals surface area contributed by atoms with Gasteiger partial charge in [-0.2, -0.15) is 0 Å². The second-order valence-corrected chi connectivity index (χ2v) is 4.98. The fraction of sp³-hybridized carbons (Fsp3) is 0.250. The van der Waals surface area contributed by atoms with Crippen LogP contribution in [0, 0.1) is 0 Å².